The Balaban J connectivity index is 2.17. The van der Waals surface area contributed by atoms with Gasteiger partial charge in [-0.1, -0.05) is 13.0 Å². The van der Waals surface area contributed by atoms with E-state index < -0.39 is 0 Å². The van der Waals surface area contributed by atoms with Crippen molar-refractivity contribution in [2.45, 2.75) is 33.2 Å². The third-order valence-corrected chi connectivity index (χ3v) is 3.15. The van der Waals surface area contributed by atoms with Gasteiger partial charge in [-0.15, -0.1) is 5.10 Å². The second-order valence-electron chi connectivity index (χ2n) is 4.52. The van der Waals surface area contributed by atoms with Gasteiger partial charge in [0.25, 0.3) is 0 Å². The molecule has 0 amide bonds. The maximum Gasteiger partial charge on any atom is 0.173 e. The van der Waals surface area contributed by atoms with Crippen molar-refractivity contribution in [3.8, 4) is 0 Å². The molecule has 0 radical (unpaired) electrons. The molecular formula is C13H19N5. The average molecular weight is 245 g/mol. The van der Waals surface area contributed by atoms with E-state index in [-0.39, 0.29) is 6.04 Å². The molecule has 1 aromatic carbocycles. The SMILES string of the molecule is CCc1cc(NC(C)c2nnnn2C)ccc1C. The fourth-order valence-corrected chi connectivity index (χ4v) is 2.06. The van der Waals surface area contributed by atoms with Crippen LogP contribution in [-0.2, 0) is 13.5 Å². The molecule has 2 aromatic rings. The largest absolute Gasteiger partial charge is 0.375 e. The van der Waals surface area contributed by atoms with Gasteiger partial charge in [-0.3, -0.25) is 0 Å². The number of benzene rings is 1. The van der Waals surface area contributed by atoms with Gasteiger partial charge < -0.3 is 5.32 Å². The minimum absolute atomic E-state index is 0.0809. The molecule has 0 fully saturated rings. The molecule has 0 aliphatic carbocycles. The van der Waals surface area contributed by atoms with E-state index in [2.05, 4.69) is 59.8 Å². The van der Waals surface area contributed by atoms with Crippen LogP contribution in [0.2, 0.25) is 0 Å². The summed E-state index contributed by atoms with van der Waals surface area (Å²) >= 11 is 0. The van der Waals surface area contributed by atoms with Crippen molar-refractivity contribution in [1.29, 1.82) is 0 Å². The quantitative estimate of drug-likeness (QED) is 0.897. The molecule has 5 heteroatoms. The van der Waals surface area contributed by atoms with E-state index in [0.29, 0.717) is 0 Å². The average Bonchev–Trinajstić information content (AvgIpc) is 2.78. The molecular weight excluding hydrogens is 226 g/mol. The molecule has 0 aliphatic heterocycles. The third-order valence-electron chi connectivity index (χ3n) is 3.15. The first-order valence-electron chi connectivity index (χ1n) is 6.20. The van der Waals surface area contributed by atoms with Crippen LogP contribution in [0, 0.1) is 6.92 Å². The molecule has 0 saturated heterocycles. The molecule has 0 saturated carbocycles. The molecule has 18 heavy (non-hydrogen) atoms. The van der Waals surface area contributed by atoms with Crippen LogP contribution in [0.1, 0.15) is 36.8 Å². The summed E-state index contributed by atoms with van der Waals surface area (Å²) in [5, 5.41) is 14.9. The smallest absolute Gasteiger partial charge is 0.173 e. The van der Waals surface area contributed by atoms with Gasteiger partial charge in [0, 0.05) is 12.7 Å². The lowest BCUT2D eigenvalue weighted by atomic mass is 10.1. The molecule has 1 heterocycles. The van der Waals surface area contributed by atoms with Gasteiger partial charge in [-0.25, -0.2) is 4.68 Å². The van der Waals surface area contributed by atoms with E-state index in [9.17, 15) is 0 Å². The summed E-state index contributed by atoms with van der Waals surface area (Å²) < 4.78 is 1.69. The first kappa shape index (κ1) is 12.5. The van der Waals surface area contributed by atoms with Crippen LogP contribution >= 0.6 is 0 Å². The summed E-state index contributed by atoms with van der Waals surface area (Å²) in [6, 6.07) is 6.50. The minimum Gasteiger partial charge on any atom is -0.375 e. The van der Waals surface area contributed by atoms with Crippen molar-refractivity contribution in [1.82, 2.24) is 20.2 Å². The Hall–Kier alpha value is -1.91. The number of hydrogen-bond acceptors (Lipinski definition) is 4. The normalized spacial score (nSPS) is 12.4. The van der Waals surface area contributed by atoms with Crippen LogP contribution in [0.3, 0.4) is 0 Å². The van der Waals surface area contributed by atoms with Crippen molar-refractivity contribution >= 4 is 5.69 Å². The molecule has 2 rings (SSSR count). The highest BCUT2D eigenvalue weighted by Crippen LogP contribution is 2.20. The molecule has 1 N–H and O–H groups in total. The number of tetrazole rings is 1. The third kappa shape index (κ3) is 2.50. The second kappa shape index (κ2) is 5.16. The van der Waals surface area contributed by atoms with Crippen LogP contribution in [0.4, 0.5) is 5.69 Å². The molecule has 5 nitrogen and oxygen atoms in total. The zero-order valence-corrected chi connectivity index (χ0v) is 11.3. The monoisotopic (exact) mass is 245 g/mol. The maximum absolute atomic E-state index is 4.01. The Morgan fingerprint density at radius 1 is 1.39 bits per heavy atom. The summed E-state index contributed by atoms with van der Waals surface area (Å²) in [6.07, 6.45) is 1.04. The van der Waals surface area contributed by atoms with Gasteiger partial charge in [-0.2, -0.15) is 0 Å². The highest BCUT2D eigenvalue weighted by atomic mass is 15.5. The Bertz CT molecular complexity index is 532. The number of nitrogens with zero attached hydrogens (tertiary/aromatic N) is 4. The number of rotatable bonds is 4. The topological polar surface area (TPSA) is 55.6 Å². The zero-order valence-electron chi connectivity index (χ0n) is 11.3. The standard InChI is InChI=1S/C13H19N5/c1-5-11-8-12(7-6-9(11)2)14-10(3)13-15-16-17-18(13)4/h6-8,10,14H,5H2,1-4H3. The van der Waals surface area contributed by atoms with Gasteiger partial charge in [0.1, 0.15) is 0 Å². The van der Waals surface area contributed by atoms with E-state index >= 15 is 0 Å². The Morgan fingerprint density at radius 2 is 2.17 bits per heavy atom. The summed E-state index contributed by atoms with van der Waals surface area (Å²) in [5.74, 6) is 0.827. The number of anilines is 1. The van der Waals surface area contributed by atoms with E-state index in [4.69, 9.17) is 0 Å². The number of aromatic nitrogens is 4. The van der Waals surface area contributed by atoms with Gasteiger partial charge in [0.2, 0.25) is 0 Å². The number of aryl methyl sites for hydroxylation is 3. The highest BCUT2D eigenvalue weighted by molar-refractivity contribution is 5.49. The van der Waals surface area contributed by atoms with Crippen molar-refractivity contribution in [3.63, 3.8) is 0 Å². The Morgan fingerprint density at radius 3 is 2.78 bits per heavy atom. The van der Waals surface area contributed by atoms with Gasteiger partial charge in [0.15, 0.2) is 5.82 Å². The summed E-state index contributed by atoms with van der Waals surface area (Å²) in [5.41, 5.74) is 3.80. The Labute approximate surface area is 107 Å². The van der Waals surface area contributed by atoms with Crippen LogP contribution in [-0.4, -0.2) is 20.2 Å². The maximum atomic E-state index is 4.01. The van der Waals surface area contributed by atoms with E-state index in [0.717, 1.165) is 17.9 Å². The summed E-state index contributed by atoms with van der Waals surface area (Å²) in [7, 11) is 1.85. The van der Waals surface area contributed by atoms with Crippen molar-refractivity contribution in [2.24, 2.45) is 7.05 Å². The Kier molecular flexibility index (Phi) is 3.60. The van der Waals surface area contributed by atoms with Crippen LogP contribution in [0.15, 0.2) is 18.2 Å². The van der Waals surface area contributed by atoms with Crippen molar-refractivity contribution < 1.29 is 0 Å². The lowest BCUT2D eigenvalue weighted by molar-refractivity contribution is 0.650. The summed E-state index contributed by atoms with van der Waals surface area (Å²) in [6.45, 7) is 6.36. The predicted octanol–water partition coefficient (Wildman–Crippen LogP) is 2.25. The van der Waals surface area contributed by atoms with Crippen LogP contribution in [0.25, 0.3) is 0 Å². The first-order valence-corrected chi connectivity index (χ1v) is 6.20. The van der Waals surface area contributed by atoms with Crippen molar-refractivity contribution in [2.75, 3.05) is 5.32 Å². The van der Waals surface area contributed by atoms with Crippen LogP contribution < -0.4 is 5.32 Å². The number of nitrogens with one attached hydrogen (secondary N) is 1. The van der Waals surface area contributed by atoms with Crippen LogP contribution in [0.5, 0.6) is 0 Å². The van der Waals surface area contributed by atoms with E-state index in [1.54, 1.807) is 4.68 Å². The molecule has 96 valence electrons. The van der Waals surface area contributed by atoms with Gasteiger partial charge in [0.05, 0.1) is 6.04 Å². The van der Waals surface area contributed by atoms with E-state index in [1.165, 1.54) is 11.1 Å². The molecule has 1 aromatic heterocycles. The fourth-order valence-electron chi connectivity index (χ4n) is 2.06. The minimum atomic E-state index is 0.0809. The predicted molar refractivity (Wildman–Crippen MR) is 71.4 cm³/mol. The first-order chi connectivity index (χ1) is 8.61. The van der Waals surface area contributed by atoms with Gasteiger partial charge >= 0.3 is 0 Å². The summed E-state index contributed by atoms with van der Waals surface area (Å²) in [4.78, 5) is 0. The van der Waals surface area contributed by atoms with E-state index in [1.807, 2.05) is 7.05 Å². The lowest BCUT2D eigenvalue weighted by Crippen LogP contribution is -2.12. The molecule has 0 bridgehead atoms. The molecule has 0 spiro atoms. The number of hydrogen-bond donors (Lipinski definition) is 1. The molecule has 1 unspecified atom stereocenters. The fraction of sp³-hybridized carbons (Fsp3) is 0.462. The lowest BCUT2D eigenvalue weighted by Gasteiger charge is -2.15. The molecule has 1 atom stereocenters. The molecule has 0 aliphatic rings. The van der Waals surface area contributed by atoms with Crippen molar-refractivity contribution in [3.05, 3.63) is 35.2 Å². The zero-order chi connectivity index (χ0) is 13.1. The highest BCUT2D eigenvalue weighted by Gasteiger charge is 2.12. The van der Waals surface area contributed by atoms with Gasteiger partial charge in [-0.05, 0) is 54.0 Å². The second-order valence-corrected chi connectivity index (χ2v) is 4.52.